The molecule has 0 aliphatic rings. The van der Waals surface area contributed by atoms with Crippen LogP contribution in [0.25, 0.3) is 10.9 Å². The van der Waals surface area contributed by atoms with Crippen molar-refractivity contribution in [1.82, 2.24) is 20.0 Å². The summed E-state index contributed by atoms with van der Waals surface area (Å²) in [6.45, 7) is 0. The third kappa shape index (κ3) is 3.53. The smallest absolute Gasteiger partial charge is 0.188 e. The van der Waals surface area contributed by atoms with E-state index in [1.54, 1.807) is 12.4 Å². The van der Waals surface area contributed by atoms with Crippen molar-refractivity contribution in [3.63, 3.8) is 0 Å². The maximum absolute atomic E-state index is 13.6. The molecular weight excluding hydrogens is 444 g/mol. The van der Waals surface area contributed by atoms with Gasteiger partial charge in [-0.05, 0) is 28.3 Å². The van der Waals surface area contributed by atoms with Crippen LogP contribution in [-0.2, 0) is 12.0 Å². The number of ketones is 1. The number of rotatable bonds is 7. The van der Waals surface area contributed by atoms with E-state index in [2.05, 4.69) is 46.6 Å². The highest BCUT2D eigenvalue weighted by Crippen LogP contribution is 2.42. The summed E-state index contributed by atoms with van der Waals surface area (Å²) < 4.78 is 2.03. The highest BCUT2D eigenvalue weighted by molar-refractivity contribution is 6.07. The molecule has 0 fully saturated rings. The van der Waals surface area contributed by atoms with E-state index in [-0.39, 0.29) is 12.2 Å². The van der Waals surface area contributed by atoms with Gasteiger partial charge in [-0.2, -0.15) is 10.2 Å². The topological polar surface area (TPSA) is 63.6 Å². The van der Waals surface area contributed by atoms with Gasteiger partial charge in [0.05, 0.1) is 11.7 Å². The van der Waals surface area contributed by atoms with Crippen molar-refractivity contribution in [3.8, 4) is 0 Å². The second-order valence-corrected chi connectivity index (χ2v) is 8.79. The van der Waals surface area contributed by atoms with Crippen LogP contribution in [0.15, 0.2) is 128 Å². The molecular formula is C31H24N4O. The first-order chi connectivity index (χ1) is 17.8. The van der Waals surface area contributed by atoms with Crippen molar-refractivity contribution >= 4 is 16.7 Å². The summed E-state index contributed by atoms with van der Waals surface area (Å²) >= 11 is 0. The number of H-pyrrole nitrogens is 1. The van der Waals surface area contributed by atoms with Crippen LogP contribution in [-0.4, -0.2) is 25.8 Å². The zero-order valence-corrected chi connectivity index (χ0v) is 19.6. The van der Waals surface area contributed by atoms with Gasteiger partial charge in [0.1, 0.15) is 11.2 Å². The number of hydrogen-bond acceptors (Lipinski definition) is 3. The number of fused-ring (bicyclic) bond motifs is 1. The van der Waals surface area contributed by atoms with E-state index in [1.165, 1.54) is 0 Å². The van der Waals surface area contributed by atoms with Crippen molar-refractivity contribution in [1.29, 1.82) is 0 Å². The van der Waals surface area contributed by atoms with E-state index in [9.17, 15) is 4.79 Å². The maximum Gasteiger partial charge on any atom is 0.188 e. The molecule has 1 N–H and O–H groups in total. The molecule has 36 heavy (non-hydrogen) atoms. The Balaban J connectivity index is 1.69. The van der Waals surface area contributed by atoms with E-state index >= 15 is 0 Å². The summed E-state index contributed by atoms with van der Waals surface area (Å²) in [5, 5.41) is 12.7. The van der Waals surface area contributed by atoms with Crippen LogP contribution in [0.5, 0.6) is 0 Å². The highest BCUT2D eigenvalue weighted by atomic mass is 16.1. The Labute approximate surface area is 209 Å². The Morgan fingerprint density at radius 3 is 1.78 bits per heavy atom. The molecule has 0 saturated carbocycles. The molecule has 5 heteroatoms. The van der Waals surface area contributed by atoms with E-state index in [0.29, 0.717) is 5.69 Å². The molecule has 2 heterocycles. The number of nitrogens with zero attached hydrogens (tertiary/aromatic N) is 3. The van der Waals surface area contributed by atoms with Crippen molar-refractivity contribution < 1.29 is 4.79 Å². The van der Waals surface area contributed by atoms with Gasteiger partial charge in [0.25, 0.3) is 0 Å². The zero-order valence-electron chi connectivity index (χ0n) is 19.6. The van der Waals surface area contributed by atoms with Crippen molar-refractivity contribution in [3.05, 3.63) is 156 Å². The Hall–Kier alpha value is -4.77. The Morgan fingerprint density at radius 1 is 0.722 bits per heavy atom. The fraction of sp³-hybridized carbons (Fsp3) is 0.0645. The molecule has 2 aromatic heterocycles. The van der Waals surface area contributed by atoms with Gasteiger partial charge in [-0.15, -0.1) is 0 Å². The van der Waals surface area contributed by atoms with E-state index < -0.39 is 5.54 Å². The molecule has 0 spiro atoms. The van der Waals surface area contributed by atoms with E-state index in [1.807, 2.05) is 83.5 Å². The molecule has 0 amide bonds. The van der Waals surface area contributed by atoms with Crippen LogP contribution >= 0.6 is 0 Å². The van der Waals surface area contributed by atoms with Gasteiger partial charge < -0.3 is 0 Å². The fourth-order valence-corrected chi connectivity index (χ4v) is 5.08. The number of Topliss-reactive ketones (excluding diaryl/α,β-unsaturated/α-hetero) is 1. The summed E-state index contributed by atoms with van der Waals surface area (Å²) in [5.41, 5.74) is 4.57. The van der Waals surface area contributed by atoms with Crippen LogP contribution in [0, 0.1) is 0 Å². The van der Waals surface area contributed by atoms with Gasteiger partial charge in [-0.25, -0.2) is 4.68 Å². The lowest BCUT2D eigenvalue weighted by molar-refractivity contribution is 0.0988. The fourth-order valence-electron chi connectivity index (χ4n) is 5.08. The van der Waals surface area contributed by atoms with Crippen LogP contribution in [0.3, 0.4) is 0 Å². The first-order valence-electron chi connectivity index (χ1n) is 11.9. The molecule has 0 saturated heterocycles. The Morgan fingerprint density at radius 2 is 1.25 bits per heavy atom. The standard InChI is InChI=1S/C31H24N4O/c36-29(20-23-21-32-33-22-23)30-27-18-10-11-19-28(27)35(34-30)31(24-12-4-1-5-13-24,25-14-6-2-7-15-25)26-16-8-3-9-17-26/h1-19,21-22H,20H2,(H,32,33). The number of carbonyl (C=O) groups excluding carboxylic acids is 1. The van der Waals surface area contributed by atoms with E-state index in [4.69, 9.17) is 5.10 Å². The van der Waals surface area contributed by atoms with Crippen LogP contribution < -0.4 is 0 Å². The summed E-state index contributed by atoms with van der Waals surface area (Å²) in [6.07, 6.45) is 3.66. The van der Waals surface area contributed by atoms with E-state index in [0.717, 1.165) is 33.2 Å². The molecule has 0 radical (unpaired) electrons. The highest BCUT2D eigenvalue weighted by Gasteiger charge is 2.41. The number of carbonyl (C=O) groups is 1. The molecule has 174 valence electrons. The number of benzene rings is 4. The minimum atomic E-state index is -0.794. The van der Waals surface area contributed by atoms with Crippen molar-refractivity contribution in [2.24, 2.45) is 0 Å². The molecule has 0 aliphatic heterocycles. The van der Waals surface area contributed by atoms with Gasteiger partial charge in [-0.3, -0.25) is 9.89 Å². The van der Waals surface area contributed by atoms with Gasteiger partial charge in [0.15, 0.2) is 5.78 Å². The molecule has 0 bridgehead atoms. The lowest BCUT2D eigenvalue weighted by Gasteiger charge is -2.37. The Bertz CT molecular complexity index is 1510. The average Bonchev–Trinajstić information content (AvgIpc) is 3.60. The van der Waals surface area contributed by atoms with Gasteiger partial charge in [0.2, 0.25) is 0 Å². The molecule has 0 atom stereocenters. The predicted octanol–water partition coefficient (Wildman–Crippen LogP) is 6.03. The van der Waals surface area contributed by atoms with Gasteiger partial charge >= 0.3 is 0 Å². The van der Waals surface area contributed by atoms with Crippen LogP contribution in [0.1, 0.15) is 32.7 Å². The number of para-hydroxylation sites is 1. The van der Waals surface area contributed by atoms with Crippen molar-refractivity contribution in [2.75, 3.05) is 0 Å². The quantitative estimate of drug-likeness (QED) is 0.230. The largest absolute Gasteiger partial charge is 0.292 e. The maximum atomic E-state index is 13.6. The zero-order chi connectivity index (χ0) is 24.4. The number of aromatic nitrogens is 4. The molecule has 0 unspecified atom stereocenters. The van der Waals surface area contributed by atoms with Crippen molar-refractivity contribution in [2.45, 2.75) is 12.0 Å². The summed E-state index contributed by atoms with van der Waals surface area (Å²) in [4.78, 5) is 13.6. The van der Waals surface area contributed by atoms with Gasteiger partial charge in [0, 0.05) is 18.0 Å². The average molecular weight is 469 g/mol. The second-order valence-electron chi connectivity index (χ2n) is 8.79. The lowest BCUT2D eigenvalue weighted by atomic mass is 9.77. The van der Waals surface area contributed by atoms with Crippen LogP contribution in [0.2, 0.25) is 0 Å². The predicted molar refractivity (Wildman–Crippen MR) is 141 cm³/mol. The third-order valence-corrected chi connectivity index (χ3v) is 6.66. The Kier molecular flexibility index (Phi) is 5.51. The first-order valence-corrected chi connectivity index (χ1v) is 11.9. The monoisotopic (exact) mass is 468 g/mol. The minimum absolute atomic E-state index is 0.0468. The third-order valence-electron chi connectivity index (χ3n) is 6.66. The first kappa shape index (κ1) is 21.7. The molecule has 6 rings (SSSR count). The molecule has 6 aromatic rings. The van der Waals surface area contributed by atoms with Crippen LogP contribution in [0.4, 0.5) is 0 Å². The number of nitrogens with one attached hydrogen (secondary N) is 1. The SMILES string of the molecule is O=C(Cc1cn[nH]c1)c1nn(C(c2ccccc2)(c2ccccc2)c2ccccc2)c2ccccc12. The lowest BCUT2D eigenvalue weighted by Crippen LogP contribution is -2.38. The second kappa shape index (κ2) is 9.12. The summed E-state index contributed by atoms with van der Waals surface area (Å²) in [5.74, 6) is -0.0468. The minimum Gasteiger partial charge on any atom is -0.292 e. The number of aromatic amines is 1. The molecule has 4 aromatic carbocycles. The molecule has 5 nitrogen and oxygen atoms in total. The van der Waals surface area contributed by atoms with Gasteiger partial charge in [-0.1, -0.05) is 109 Å². The summed E-state index contributed by atoms with van der Waals surface area (Å²) in [7, 11) is 0. The normalized spacial score (nSPS) is 11.6. The molecule has 0 aliphatic carbocycles. The number of hydrogen-bond donors (Lipinski definition) is 1. The summed E-state index contributed by atoms with van der Waals surface area (Å²) in [6, 6.07) is 39.1.